The van der Waals surface area contributed by atoms with Crippen LogP contribution in [-0.4, -0.2) is 63.1 Å². The van der Waals surface area contributed by atoms with Crippen molar-refractivity contribution in [1.29, 1.82) is 0 Å². The predicted molar refractivity (Wildman–Crippen MR) is 70.4 cm³/mol. The number of nitrogens with zero attached hydrogens (tertiary/aromatic N) is 2. The quantitative estimate of drug-likeness (QED) is 0.706. The Hall–Kier alpha value is -0.170. The van der Waals surface area contributed by atoms with Crippen LogP contribution in [0.2, 0.25) is 0 Å². The summed E-state index contributed by atoms with van der Waals surface area (Å²) in [5.74, 6) is 0.156. The first-order valence-electron chi connectivity index (χ1n) is 6.15. The van der Waals surface area contributed by atoms with Gasteiger partial charge in [-0.1, -0.05) is 0 Å². The molecule has 2 N–H and O–H groups in total. The van der Waals surface area contributed by atoms with Gasteiger partial charge in [-0.15, -0.1) is 0 Å². The Bertz CT molecular complexity index is 337. The molecule has 0 aromatic heterocycles. The second-order valence-corrected chi connectivity index (χ2v) is 7.38. The van der Waals surface area contributed by atoms with Crippen molar-refractivity contribution < 1.29 is 8.42 Å². The molecule has 0 saturated heterocycles. The first-order valence-corrected chi connectivity index (χ1v) is 7.76. The van der Waals surface area contributed by atoms with Crippen molar-refractivity contribution in [1.82, 2.24) is 9.21 Å². The van der Waals surface area contributed by atoms with Crippen LogP contribution in [0.25, 0.3) is 0 Å². The molecule has 6 heteroatoms. The molecule has 0 unspecified atom stereocenters. The summed E-state index contributed by atoms with van der Waals surface area (Å²) in [4.78, 5) is 2.16. The van der Waals surface area contributed by atoms with Crippen molar-refractivity contribution in [3.05, 3.63) is 0 Å². The first kappa shape index (κ1) is 14.9. The highest BCUT2D eigenvalue weighted by Crippen LogP contribution is 2.37. The fourth-order valence-electron chi connectivity index (χ4n) is 2.27. The van der Waals surface area contributed by atoms with Crippen LogP contribution in [0.3, 0.4) is 0 Å². The molecule has 0 atom stereocenters. The van der Waals surface area contributed by atoms with Crippen molar-refractivity contribution in [2.75, 3.05) is 40.0 Å². The zero-order valence-electron chi connectivity index (χ0n) is 11.1. The maximum atomic E-state index is 12.0. The summed E-state index contributed by atoms with van der Waals surface area (Å²) in [5, 5.41) is 0. The van der Waals surface area contributed by atoms with Crippen LogP contribution < -0.4 is 5.73 Å². The molecule has 0 radical (unpaired) electrons. The number of likely N-dealkylation sites (N-methyl/N-ethyl adjacent to an activating group) is 2. The topological polar surface area (TPSA) is 66.6 Å². The average Bonchev–Trinajstić information content (AvgIpc) is 2.19. The lowest BCUT2D eigenvalue weighted by molar-refractivity contribution is 0.0455. The highest BCUT2D eigenvalue weighted by Gasteiger charge is 2.41. The molecule has 0 heterocycles. The van der Waals surface area contributed by atoms with Crippen LogP contribution in [0.4, 0.5) is 0 Å². The van der Waals surface area contributed by atoms with Crippen LogP contribution in [-0.2, 0) is 10.0 Å². The van der Waals surface area contributed by atoms with Gasteiger partial charge in [-0.25, -0.2) is 12.7 Å². The highest BCUT2D eigenvalue weighted by molar-refractivity contribution is 7.89. The lowest BCUT2D eigenvalue weighted by Crippen LogP contribution is -2.57. The van der Waals surface area contributed by atoms with Crippen LogP contribution >= 0.6 is 0 Å². The van der Waals surface area contributed by atoms with Gasteiger partial charge in [0, 0.05) is 19.1 Å². The number of nitrogens with two attached hydrogens (primary N) is 1. The van der Waals surface area contributed by atoms with Crippen molar-refractivity contribution in [2.24, 2.45) is 5.73 Å². The van der Waals surface area contributed by atoms with Crippen molar-refractivity contribution in [3.8, 4) is 0 Å². The molecule has 0 bridgehead atoms. The Balaban J connectivity index is 2.61. The van der Waals surface area contributed by atoms with E-state index < -0.39 is 10.0 Å². The number of rotatable bonds is 7. The smallest absolute Gasteiger partial charge is 0.213 e. The van der Waals surface area contributed by atoms with E-state index in [2.05, 4.69) is 4.90 Å². The van der Waals surface area contributed by atoms with Gasteiger partial charge in [0.1, 0.15) is 0 Å². The maximum absolute atomic E-state index is 12.0. The van der Waals surface area contributed by atoms with Crippen molar-refractivity contribution in [3.63, 3.8) is 0 Å². The predicted octanol–water partition coefficient (Wildman–Crippen LogP) is 0.0811. The fraction of sp³-hybridized carbons (Fsp3) is 1.00. The van der Waals surface area contributed by atoms with E-state index in [1.54, 1.807) is 7.05 Å². The summed E-state index contributed by atoms with van der Waals surface area (Å²) in [7, 11) is 2.59. The van der Waals surface area contributed by atoms with E-state index in [1.807, 2.05) is 14.1 Å². The summed E-state index contributed by atoms with van der Waals surface area (Å²) in [6.45, 7) is 1.01. The molecule has 1 fully saturated rings. The normalized spacial score (nSPS) is 19.6. The summed E-state index contributed by atoms with van der Waals surface area (Å²) in [6.07, 6.45) is 3.88. The van der Waals surface area contributed by atoms with E-state index in [1.165, 1.54) is 10.7 Å². The Kier molecular flexibility index (Phi) is 4.95. The van der Waals surface area contributed by atoms with E-state index in [0.29, 0.717) is 19.5 Å². The van der Waals surface area contributed by atoms with E-state index in [4.69, 9.17) is 5.73 Å². The van der Waals surface area contributed by atoms with E-state index in [-0.39, 0.29) is 11.3 Å². The lowest BCUT2D eigenvalue weighted by Gasteiger charge is -2.49. The van der Waals surface area contributed by atoms with Gasteiger partial charge in [-0.3, -0.25) is 0 Å². The molecule has 1 rings (SSSR count). The summed E-state index contributed by atoms with van der Waals surface area (Å²) in [6, 6.07) is 0. The zero-order chi connectivity index (χ0) is 13.1. The SMILES string of the molecule is CN(C)C1(CN(C)S(=O)(=O)CCCN)CCC1. The van der Waals surface area contributed by atoms with E-state index in [9.17, 15) is 8.42 Å². The Morgan fingerprint density at radius 3 is 2.18 bits per heavy atom. The van der Waals surface area contributed by atoms with Crippen LogP contribution in [0.5, 0.6) is 0 Å². The highest BCUT2D eigenvalue weighted by atomic mass is 32.2. The second-order valence-electron chi connectivity index (χ2n) is 5.19. The van der Waals surface area contributed by atoms with Gasteiger partial charge < -0.3 is 10.6 Å². The maximum Gasteiger partial charge on any atom is 0.213 e. The van der Waals surface area contributed by atoms with E-state index in [0.717, 1.165) is 12.8 Å². The minimum atomic E-state index is -3.14. The molecule has 0 aromatic rings. The third-order valence-corrected chi connectivity index (χ3v) is 5.71. The van der Waals surface area contributed by atoms with Gasteiger partial charge in [-0.05, 0) is 46.3 Å². The number of hydrogen-bond donors (Lipinski definition) is 1. The summed E-state index contributed by atoms with van der Waals surface area (Å²) in [5.41, 5.74) is 5.40. The monoisotopic (exact) mass is 263 g/mol. The Morgan fingerprint density at radius 1 is 1.24 bits per heavy atom. The van der Waals surface area contributed by atoms with Crippen molar-refractivity contribution >= 4 is 10.0 Å². The van der Waals surface area contributed by atoms with Gasteiger partial charge in [0.2, 0.25) is 10.0 Å². The van der Waals surface area contributed by atoms with E-state index >= 15 is 0 Å². The molecule has 17 heavy (non-hydrogen) atoms. The van der Waals surface area contributed by atoms with Crippen molar-refractivity contribution in [2.45, 2.75) is 31.2 Å². The molecular formula is C11H25N3O2S. The minimum absolute atomic E-state index is 0.0462. The van der Waals surface area contributed by atoms with Gasteiger partial charge in [0.15, 0.2) is 0 Å². The molecule has 1 saturated carbocycles. The largest absolute Gasteiger partial charge is 0.330 e. The van der Waals surface area contributed by atoms with Gasteiger partial charge in [-0.2, -0.15) is 0 Å². The Labute approximate surface area is 105 Å². The van der Waals surface area contributed by atoms with Gasteiger partial charge >= 0.3 is 0 Å². The third-order valence-electron chi connectivity index (χ3n) is 3.83. The summed E-state index contributed by atoms with van der Waals surface area (Å²) < 4.78 is 25.5. The summed E-state index contributed by atoms with van der Waals surface area (Å²) >= 11 is 0. The average molecular weight is 263 g/mol. The lowest BCUT2D eigenvalue weighted by atomic mass is 9.75. The number of hydrogen-bond acceptors (Lipinski definition) is 4. The van der Waals surface area contributed by atoms with Crippen LogP contribution in [0.15, 0.2) is 0 Å². The van der Waals surface area contributed by atoms with Gasteiger partial charge in [0.05, 0.1) is 5.75 Å². The molecule has 0 aliphatic heterocycles. The minimum Gasteiger partial charge on any atom is -0.330 e. The zero-order valence-corrected chi connectivity index (χ0v) is 12.0. The molecular weight excluding hydrogens is 238 g/mol. The molecule has 0 spiro atoms. The standard InChI is InChI=1S/C11H25N3O2S/c1-13(2)11(6-4-7-11)10-14(3)17(15,16)9-5-8-12/h4-10,12H2,1-3H3. The molecule has 5 nitrogen and oxygen atoms in total. The second kappa shape index (κ2) is 5.65. The molecule has 0 amide bonds. The molecule has 102 valence electrons. The first-order chi connectivity index (χ1) is 7.84. The Morgan fingerprint density at radius 2 is 1.82 bits per heavy atom. The van der Waals surface area contributed by atoms with Gasteiger partial charge in [0.25, 0.3) is 0 Å². The molecule has 1 aliphatic carbocycles. The third kappa shape index (κ3) is 3.40. The number of sulfonamides is 1. The van der Waals surface area contributed by atoms with Crippen LogP contribution in [0.1, 0.15) is 25.7 Å². The molecule has 1 aliphatic rings. The molecule has 0 aromatic carbocycles. The van der Waals surface area contributed by atoms with Crippen LogP contribution in [0, 0.1) is 0 Å². The fourth-order valence-corrected chi connectivity index (χ4v) is 3.55.